The van der Waals surface area contributed by atoms with Crippen LogP contribution in [0.4, 0.5) is 4.39 Å². The zero-order valence-corrected chi connectivity index (χ0v) is 19.0. The summed E-state index contributed by atoms with van der Waals surface area (Å²) in [4.78, 5) is 24.7. The molecule has 2 N–H and O–H groups in total. The van der Waals surface area contributed by atoms with E-state index < -0.39 is 21.7 Å². The van der Waals surface area contributed by atoms with Gasteiger partial charge in [-0.2, -0.15) is 4.31 Å². The Morgan fingerprint density at radius 2 is 1.66 bits per heavy atom. The molecule has 32 heavy (non-hydrogen) atoms. The minimum Gasteiger partial charge on any atom is -0.354 e. The van der Waals surface area contributed by atoms with Gasteiger partial charge in [0.25, 0.3) is 5.91 Å². The highest BCUT2D eigenvalue weighted by Crippen LogP contribution is 2.25. The topological polar surface area (TPSA) is 95.6 Å². The standard InChI is InChI=1S/C23H28FN3O4S/c1-16-7-8-19(15-17(16)2)32(30,31)27-13-9-18(10-14-27)22(28)25-11-12-26-23(29)20-5-3-4-6-21(20)24/h3-8,15,18H,9-14H2,1-2H3,(H,25,28)(H,26,29). The fraction of sp³-hybridized carbons (Fsp3) is 0.391. The summed E-state index contributed by atoms with van der Waals surface area (Å²) in [5.74, 6) is -1.60. The van der Waals surface area contributed by atoms with Crippen molar-refractivity contribution in [2.24, 2.45) is 5.92 Å². The van der Waals surface area contributed by atoms with Gasteiger partial charge in [0.15, 0.2) is 0 Å². The predicted octanol–water partition coefficient (Wildman–Crippen LogP) is 2.39. The first-order valence-corrected chi connectivity index (χ1v) is 12.0. The van der Waals surface area contributed by atoms with Gasteiger partial charge >= 0.3 is 0 Å². The van der Waals surface area contributed by atoms with E-state index >= 15 is 0 Å². The third-order valence-corrected chi connectivity index (χ3v) is 7.66. The molecule has 172 valence electrons. The molecule has 2 amide bonds. The molecule has 0 saturated carbocycles. The number of halogens is 1. The summed E-state index contributed by atoms with van der Waals surface area (Å²) in [5.41, 5.74) is 1.91. The summed E-state index contributed by atoms with van der Waals surface area (Å²) in [6.07, 6.45) is 0.856. The van der Waals surface area contributed by atoms with E-state index in [4.69, 9.17) is 0 Å². The van der Waals surface area contributed by atoms with Crippen molar-refractivity contribution in [3.8, 4) is 0 Å². The normalized spacial score (nSPS) is 15.3. The molecule has 1 fully saturated rings. The molecule has 1 aliphatic heterocycles. The monoisotopic (exact) mass is 461 g/mol. The molecule has 0 unspecified atom stereocenters. The van der Waals surface area contributed by atoms with Gasteiger partial charge in [-0.1, -0.05) is 18.2 Å². The number of amides is 2. The summed E-state index contributed by atoms with van der Waals surface area (Å²) < 4.78 is 40.8. The van der Waals surface area contributed by atoms with Gasteiger partial charge in [-0.25, -0.2) is 12.8 Å². The number of carbonyl (C=O) groups excluding carboxylic acids is 2. The number of hydrogen-bond donors (Lipinski definition) is 2. The number of aryl methyl sites for hydroxylation is 2. The molecule has 2 aromatic rings. The Labute approximate surface area is 188 Å². The number of carbonyl (C=O) groups is 2. The molecular weight excluding hydrogens is 433 g/mol. The Morgan fingerprint density at radius 1 is 1.00 bits per heavy atom. The molecule has 0 radical (unpaired) electrons. The average molecular weight is 462 g/mol. The van der Waals surface area contributed by atoms with Crippen LogP contribution in [0.5, 0.6) is 0 Å². The summed E-state index contributed by atoms with van der Waals surface area (Å²) in [6.45, 7) is 4.73. The highest BCUT2D eigenvalue weighted by atomic mass is 32.2. The third-order valence-electron chi connectivity index (χ3n) is 5.77. The van der Waals surface area contributed by atoms with Crippen LogP contribution in [0, 0.1) is 25.6 Å². The quantitative estimate of drug-likeness (QED) is 0.619. The number of piperidine rings is 1. The van der Waals surface area contributed by atoms with Crippen molar-refractivity contribution in [2.45, 2.75) is 31.6 Å². The molecule has 2 aromatic carbocycles. The van der Waals surface area contributed by atoms with E-state index in [1.165, 1.54) is 22.5 Å². The van der Waals surface area contributed by atoms with Gasteiger partial charge in [-0.15, -0.1) is 0 Å². The zero-order chi connectivity index (χ0) is 23.3. The number of rotatable bonds is 7. The van der Waals surface area contributed by atoms with Crippen LogP contribution in [0.25, 0.3) is 0 Å². The van der Waals surface area contributed by atoms with Crippen molar-refractivity contribution < 1.29 is 22.4 Å². The lowest BCUT2D eigenvalue weighted by Crippen LogP contribution is -2.44. The highest BCUT2D eigenvalue weighted by molar-refractivity contribution is 7.89. The second-order valence-electron chi connectivity index (χ2n) is 7.95. The highest BCUT2D eigenvalue weighted by Gasteiger charge is 2.32. The lowest BCUT2D eigenvalue weighted by molar-refractivity contribution is -0.126. The summed E-state index contributed by atoms with van der Waals surface area (Å²) in [7, 11) is -3.59. The van der Waals surface area contributed by atoms with Gasteiger partial charge in [-0.3, -0.25) is 9.59 Å². The van der Waals surface area contributed by atoms with E-state index in [9.17, 15) is 22.4 Å². The van der Waals surface area contributed by atoms with E-state index in [0.717, 1.165) is 11.1 Å². The van der Waals surface area contributed by atoms with Gasteiger partial charge < -0.3 is 10.6 Å². The fourth-order valence-corrected chi connectivity index (χ4v) is 5.18. The number of sulfonamides is 1. The van der Waals surface area contributed by atoms with Crippen LogP contribution in [0.3, 0.4) is 0 Å². The van der Waals surface area contributed by atoms with E-state index in [0.29, 0.717) is 12.8 Å². The molecule has 0 aliphatic carbocycles. The van der Waals surface area contributed by atoms with Crippen molar-refractivity contribution in [1.29, 1.82) is 0 Å². The first-order chi connectivity index (χ1) is 15.2. The maximum Gasteiger partial charge on any atom is 0.254 e. The minimum atomic E-state index is -3.59. The molecule has 0 spiro atoms. The summed E-state index contributed by atoms with van der Waals surface area (Å²) in [6, 6.07) is 10.8. The molecule has 1 aliphatic rings. The van der Waals surface area contributed by atoms with Crippen molar-refractivity contribution in [3.63, 3.8) is 0 Å². The first kappa shape index (κ1) is 23.9. The van der Waals surface area contributed by atoms with Crippen LogP contribution < -0.4 is 10.6 Å². The Kier molecular flexibility index (Phi) is 7.63. The maximum absolute atomic E-state index is 13.6. The van der Waals surface area contributed by atoms with Crippen molar-refractivity contribution >= 4 is 21.8 Å². The lowest BCUT2D eigenvalue weighted by atomic mass is 9.97. The second kappa shape index (κ2) is 10.2. The van der Waals surface area contributed by atoms with E-state index in [1.807, 2.05) is 13.8 Å². The number of nitrogens with one attached hydrogen (secondary N) is 2. The van der Waals surface area contributed by atoms with Crippen LogP contribution in [-0.4, -0.2) is 50.7 Å². The van der Waals surface area contributed by atoms with Crippen molar-refractivity contribution in [3.05, 3.63) is 65.0 Å². The van der Waals surface area contributed by atoms with Crippen LogP contribution in [0.1, 0.15) is 34.3 Å². The van der Waals surface area contributed by atoms with Crippen LogP contribution in [-0.2, 0) is 14.8 Å². The Bertz CT molecular complexity index is 1100. The zero-order valence-electron chi connectivity index (χ0n) is 18.2. The lowest BCUT2D eigenvalue weighted by Gasteiger charge is -2.30. The molecule has 7 nitrogen and oxygen atoms in total. The largest absolute Gasteiger partial charge is 0.354 e. The molecule has 9 heteroatoms. The second-order valence-corrected chi connectivity index (χ2v) is 9.89. The molecule has 0 bridgehead atoms. The van der Waals surface area contributed by atoms with Gasteiger partial charge in [0, 0.05) is 32.1 Å². The molecule has 1 saturated heterocycles. The molecule has 3 rings (SSSR count). The van der Waals surface area contributed by atoms with Crippen molar-refractivity contribution in [1.82, 2.24) is 14.9 Å². The van der Waals surface area contributed by atoms with Gasteiger partial charge in [0.05, 0.1) is 10.5 Å². The van der Waals surface area contributed by atoms with Gasteiger partial charge in [-0.05, 0) is 62.1 Å². The van der Waals surface area contributed by atoms with Crippen LogP contribution in [0.2, 0.25) is 0 Å². The number of nitrogens with zero attached hydrogens (tertiary/aromatic N) is 1. The van der Waals surface area contributed by atoms with Gasteiger partial charge in [0.1, 0.15) is 5.82 Å². The summed E-state index contributed by atoms with van der Waals surface area (Å²) >= 11 is 0. The molecule has 0 aromatic heterocycles. The SMILES string of the molecule is Cc1ccc(S(=O)(=O)N2CCC(C(=O)NCCNC(=O)c3ccccc3F)CC2)cc1C. The molecule has 0 atom stereocenters. The fourth-order valence-electron chi connectivity index (χ4n) is 3.63. The van der Waals surface area contributed by atoms with E-state index in [1.54, 1.807) is 24.3 Å². The van der Waals surface area contributed by atoms with E-state index in [-0.39, 0.29) is 48.5 Å². The number of hydrogen-bond acceptors (Lipinski definition) is 4. The third kappa shape index (κ3) is 5.52. The Morgan fingerprint density at radius 3 is 2.31 bits per heavy atom. The Hall–Kier alpha value is -2.78. The van der Waals surface area contributed by atoms with E-state index in [2.05, 4.69) is 10.6 Å². The maximum atomic E-state index is 13.6. The average Bonchev–Trinajstić information content (AvgIpc) is 2.78. The first-order valence-electron chi connectivity index (χ1n) is 10.6. The number of benzene rings is 2. The molecular formula is C23H28FN3O4S. The van der Waals surface area contributed by atoms with Crippen molar-refractivity contribution in [2.75, 3.05) is 26.2 Å². The van der Waals surface area contributed by atoms with Crippen LogP contribution in [0.15, 0.2) is 47.4 Å². The molecule has 1 heterocycles. The smallest absolute Gasteiger partial charge is 0.254 e. The van der Waals surface area contributed by atoms with Gasteiger partial charge in [0.2, 0.25) is 15.9 Å². The summed E-state index contributed by atoms with van der Waals surface area (Å²) in [5, 5.41) is 5.33. The minimum absolute atomic E-state index is 0.0452. The predicted molar refractivity (Wildman–Crippen MR) is 119 cm³/mol. The Balaban J connectivity index is 1.44. The van der Waals surface area contributed by atoms with Crippen LogP contribution >= 0.6 is 0 Å².